The van der Waals surface area contributed by atoms with Gasteiger partial charge in [-0.1, -0.05) is 27.7 Å². The van der Waals surface area contributed by atoms with Crippen molar-refractivity contribution in [1.82, 2.24) is 0 Å². The highest BCUT2D eigenvalue weighted by atomic mass is 16.5. The summed E-state index contributed by atoms with van der Waals surface area (Å²) in [7, 11) is 1.26. The van der Waals surface area contributed by atoms with Crippen molar-refractivity contribution in [3.63, 3.8) is 0 Å². The van der Waals surface area contributed by atoms with E-state index in [1.165, 1.54) is 14.0 Å². The molecule has 0 aliphatic rings. The number of carboxylic acids is 1. The van der Waals surface area contributed by atoms with Gasteiger partial charge in [-0.15, -0.1) is 0 Å². The second-order valence-electron chi connectivity index (χ2n) is 4.82. The maximum absolute atomic E-state index is 10.5. The molecule has 0 spiro atoms. The second kappa shape index (κ2) is 8.05. The van der Waals surface area contributed by atoms with Crippen molar-refractivity contribution in [3.8, 4) is 0 Å². The third-order valence-corrected chi connectivity index (χ3v) is 2.63. The van der Waals surface area contributed by atoms with E-state index in [1.54, 1.807) is 27.7 Å². The highest BCUT2D eigenvalue weighted by Crippen LogP contribution is 2.15. The lowest BCUT2D eigenvalue weighted by atomic mass is 9.93. The van der Waals surface area contributed by atoms with Gasteiger partial charge in [0.15, 0.2) is 11.7 Å². The Balaban J connectivity index is 0. The van der Waals surface area contributed by atoms with Crippen molar-refractivity contribution in [2.24, 2.45) is 11.8 Å². The summed E-state index contributed by atoms with van der Waals surface area (Å²) >= 11 is 0. The molecule has 0 unspecified atom stereocenters. The van der Waals surface area contributed by atoms with Gasteiger partial charge in [0, 0.05) is 0 Å². The van der Waals surface area contributed by atoms with Crippen LogP contribution in [0.1, 0.15) is 34.6 Å². The summed E-state index contributed by atoms with van der Waals surface area (Å²) in [5, 5.41) is 26.4. The molecule has 0 aromatic carbocycles. The molecule has 6 heteroatoms. The number of carbonyl (C=O) groups excluding carboxylic acids is 1. The molecular weight excluding hydrogens is 240 g/mol. The number of aliphatic hydroxyl groups is 2. The number of rotatable bonds is 4. The van der Waals surface area contributed by atoms with Gasteiger partial charge in [-0.3, -0.25) is 0 Å². The van der Waals surface area contributed by atoms with Crippen molar-refractivity contribution in [1.29, 1.82) is 0 Å². The van der Waals surface area contributed by atoms with Gasteiger partial charge < -0.3 is 20.1 Å². The molecule has 0 fully saturated rings. The van der Waals surface area contributed by atoms with E-state index < -0.39 is 23.6 Å². The summed E-state index contributed by atoms with van der Waals surface area (Å²) < 4.78 is 4.28. The smallest absolute Gasteiger partial charge is 0.335 e. The van der Waals surface area contributed by atoms with Crippen LogP contribution < -0.4 is 0 Å². The molecule has 0 aromatic rings. The minimum atomic E-state index is -1.58. The highest BCUT2D eigenvalue weighted by molar-refractivity contribution is 5.76. The quantitative estimate of drug-likeness (QED) is 0.644. The first kappa shape index (κ1) is 19.2. The van der Waals surface area contributed by atoms with Crippen molar-refractivity contribution < 1.29 is 29.6 Å². The van der Waals surface area contributed by atoms with Crippen LogP contribution in [-0.4, -0.2) is 46.1 Å². The molecular formula is C12H24O6. The minimum absolute atomic E-state index is 0.0718. The largest absolute Gasteiger partial charge is 0.479 e. The van der Waals surface area contributed by atoms with E-state index in [9.17, 15) is 9.59 Å². The molecule has 0 radical (unpaired) electrons. The number of esters is 1. The molecule has 0 heterocycles. The lowest BCUT2D eigenvalue weighted by Gasteiger charge is -2.21. The Bertz CT molecular complexity index is 268. The Morgan fingerprint density at radius 3 is 1.61 bits per heavy atom. The van der Waals surface area contributed by atoms with E-state index in [2.05, 4.69) is 4.74 Å². The first-order chi connectivity index (χ1) is 7.98. The Morgan fingerprint density at radius 1 is 1.17 bits per heavy atom. The van der Waals surface area contributed by atoms with Crippen LogP contribution in [0.5, 0.6) is 0 Å². The Kier molecular flexibility index (Phi) is 8.59. The topological polar surface area (TPSA) is 104 Å². The average Bonchev–Trinajstić information content (AvgIpc) is 2.27. The third kappa shape index (κ3) is 6.56. The van der Waals surface area contributed by atoms with Gasteiger partial charge in [-0.05, 0) is 18.8 Å². The summed E-state index contributed by atoms with van der Waals surface area (Å²) in [6, 6.07) is 0. The second-order valence-corrected chi connectivity index (χ2v) is 4.82. The number of hydrogen-bond donors (Lipinski definition) is 3. The number of methoxy groups -OCH3 is 1. The molecule has 18 heavy (non-hydrogen) atoms. The zero-order valence-corrected chi connectivity index (χ0v) is 11.8. The summed E-state index contributed by atoms with van der Waals surface area (Å²) in [5.41, 5.74) is -1.58. The predicted molar refractivity (Wildman–Crippen MR) is 66.0 cm³/mol. The van der Waals surface area contributed by atoms with Crippen LogP contribution in [0.3, 0.4) is 0 Å². The number of aliphatic carboxylic acids is 1. The average molecular weight is 264 g/mol. The van der Waals surface area contributed by atoms with Crippen LogP contribution in [0.25, 0.3) is 0 Å². The van der Waals surface area contributed by atoms with Gasteiger partial charge in [0.25, 0.3) is 0 Å². The first-order valence-electron chi connectivity index (χ1n) is 5.70. The monoisotopic (exact) mass is 264 g/mol. The molecule has 6 nitrogen and oxygen atoms in total. The Labute approximate surface area is 108 Å². The van der Waals surface area contributed by atoms with Gasteiger partial charge in [-0.2, -0.15) is 0 Å². The van der Waals surface area contributed by atoms with E-state index in [1.807, 2.05) is 0 Å². The SMILES string of the molecule is CC(C)[C@](C)(O)C(=O)O.COC(=O)[C@@H](O)C(C)C. The fourth-order valence-electron chi connectivity index (χ4n) is 0.640. The number of ether oxygens (including phenoxy) is 1. The highest BCUT2D eigenvalue weighted by Gasteiger charge is 2.33. The van der Waals surface area contributed by atoms with Crippen LogP contribution in [0.15, 0.2) is 0 Å². The van der Waals surface area contributed by atoms with Crippen LogP contribution in [0.4, 0.5) is 0 Å². The standard InChI is InChI=1S/2C6H12O3/c1-4(2)6(3,9)5(7)8;1-4(2)5(7)6(8)9-3/h4,9H,1-3H3,(H,7,8);4-5,7H,1-3H3/t6-;5-/m00/s1. The molecule has 0 bridgehead atoms. The fraction of sp³-hybridized carbons (Fsp3) is 0.833. The van der Waals surface area contributed by atoms with Gasteiger partial charge in [0.1, 0.15) is 0 Å². The lowest BCUT2D eigenvalue weighted by Crippen LogP contribution is -2.40. The van der Waals surface area contributed by atoms with Crippen LogP contribution in [0, 0.1) is 11.8 Å². The van der Waals surface area contributed by atoms with E-state index in [4.69, 9.17) is 15.3 Å². The lowest BCUT2D eigenvalue weighted by molar-refractivity contribution is -0.161. The van der Waals surface area contributed by atoms with Gasteiger partial charge in [0.05, 0.1) is 7.11 Å². The molecule has 0 saturated carbocycles. The number of aliphatic hydroxyl groups excluding tert-OH is 1. The van der Waals surface area contributed by atoms with Crippen LogP contribution in [0.2, 0.25) is 0 Å². The van der Waals surface area contributed by atoms with Crippen molar-refractivity contribution in [3.05, 3.63) is 0 Å². The number of hydrogen-bond acceptors (Lipinski definition) is 5. The van der Waals surface area contributed by atoms with Crippen molar-refractivity contribution in [2.75, 3.05) is 7.11 Å². The third-order valence-electron chi connectivity index (χ3n) is 2.63. The van der Waals surface area contributed by atoms with Gasteiger partial charge >= 0.3 is 11.9 Å². The zero-order chi connectivity index (χ0) is 15.1. The maximum Gasteiger partial charge on any atom is 0.335 e. The molecule has 0 rings (SSSR count). The van der Waals surface area contributed by atoms with E-state index in [0.717, 1.165) is 0 Å². The molecule has 0 aliphatic carbocycles. The van der Waals surface area contributed by atoms with Crippen molar-refractivity contribution >= 4 is 11.9 Å². The fourth-order valence-corrected chi connectivity index (χ4v) is 0.640. The number of carboxylic acid groups (broad SMARTS) is 1. The first-order valence-corrected chi connectivity index (χ1v) is 5.70. The normalized spacial score (nSPS) is 15.4. The van der Waals surface area contributed by atoms with Gasteiger partial charge in [-0.25, -0.2) is 9.59 Å². The predicted octanol–water partition coefficient (Wildman–Crippen LogP) is 0.654. The summed E-state index contributed by atoms with van der Waals surface area (Å²) in [5.74, 6) is -2.06. The molecule has 108 valence electrons. The number of carbonyl (C=O) groups is 2. The van der Waals surface area contributed by atoms with Crippen LogP contribution in [-0.2, 0) is 14.3 Å². The molecule has 0 aromatic heterocycles. The summed E-state index contributed by atoms with van der Waals surface area (Å²) in [4.78, 5) is 20.7. The molecule has 2 atom stereocenters. The molecule has 0 aliphatic heterocycles. The Hall–Kier alpha value is -1.14. The van der Waals surface area contributed by atoms with E-state index in [0.29, 0.717) is 0 Å². The molecule has 0 amide bonds. The zero-order valence-electron chi connectivity index (χ0n) is 11.8. The maximum atomic E-state index is 10.5. The van der Waals surface area contributed by atoms with E-state index in [-0.39, 0.29) is 11.8 Å². The van der Waals surface area contributed by atoms with Gasteiger partial charge in [0.2, 0.25) is 0 Å². The van der Waals surface area contributed by atoms with Crippen molar-refractivity contribution in [2.45, 2.75) is 46.3 Å². The molecule has 0 saturated heterocycles. The molecule has 3 N–H and O–H groups in total. The summed E-state index contributed by atoms with van der Waals surface area (Å²) in [6.45, 7) is 8.12. The van der Waals surface area contributed by atoms with Crippen LogP contribution >= 0.6 is 0 Å². The van der Waals surface area contributed by atoms with E-state index >= 15 is 0 Å². The summed E-state index contributed by atoms with van der Waals surface area (Å²) in [6.07, 6.45) is -0.977. The minimum Gasteiger partial charge on any atom is -0.479 e. The Morgan fingerprint density at radius 2 is 1.56 bits per heavy atom.